The van der Waals surface area contributed by atoms with Gasteiger partial charge in [0.1, 0.15) is 6.04 Å². The van der Waals surface area contributed by atoms with Crippen molar-refractivity contribution in [1.29, 1.82) is 0 Å². The summed E-state index contributed by atoms with van der Waals surface area (Å²) < 4.78 is 0. The van der Waals surface area contributed by atoms with Crippen LogP contribution in [0.15, 0.2) is 0 Å². The molecule has 0 radical (unpaired) electrons. The highest BCUT2D eigenvalue weighted by Crippen LogP contribution is 2.39. The number of likely N-dealkylation sites (tertiary alicyclic amines) is 1. The Morgan fingerprint density at radius 1 is 1.41 bits per heavy atom. The molecule has 2 aliphatic heterocycles. The second kappa shape index (κ2) is 3.98. The number of carboxylic acids is 1. The first-order valence-corrected chi connectivity index (χ1v) is 6.45. The Labute approximate surface area is 100 Å². The van der Waals surface area contributed by atoms with Crippen molar-refractivity contribution in [2.24, 2.45) is 11.8 Å². The molecular formula is C12H18N2O3. The lowest BCUT2D eigenvalue weighted by Crippen LogP contribution is -2.54. The van der Waals surface area contributed by atoms with Gasteiger partial charge in [0, 0.05) is 12.6 Å². The van der Waals surface area contributed by atoms with Crippen LogP contribution in [-0.2, 0) is 9.59 Å². The number of rotatable bonds is 3. The fraction of sp³-hybridized carbons (Fsp3) is 0.833. The Kier molecular flexibility index (Phi) is 2.58. The highest BCUT2D eigenvalue weighted by Gasteiger charge is 2.48. The van der Waals surface area contributed by atoms with Gasteiger partial charge >= 0.3 is 5.97 Å². The van der Waals surface area contributed by atoms with Crippen LogP contribution in [0.5, 0.6) is 0 Å². The molecule has 0 aromatic heterocycles. The van der Waals surface area contributed by atoms with E-state index in [1.54, 1.807) is 0 Å². The second-order valence-electron chi connectivity index (χ2n) is 5.42. The van der Waals surface area contributed by atoms with Gasteiger partial charge in [-0.25, -0.2) is 0 Å². The molecule has 3 fully saturated rings. The van der Waals surface area contributed by atoms with Crippen molar-refractivity contribution in [3.05, 3.63) is 0 Å². The predicted octanol–water partition coefficient (Wildman–Crippen LogP) is 0.0600. The number of nitrogens with zero attached hydrogens (tertiary/aromatic N) is 1. The molecule has 2 saturated heterocycles. The van der Waals surface area contributed by atoms with Gasteiger partial charge in [-0.3, -0.25) is 14.5 Å². The summed E-state index contributed by atoms with van der Waals surface area (Å²) in [5, 5.41) is 12.2. The molecule has 3 unspecified atom stereocenters. The monoisotopic (exact) mass is 238 g/mol. The Balaban J connectivity index is 1.81. The molecule has 3 rings (SSSR count). The molecule has 17 heavy (non-hydrogen) atoms. The summed E-state index contributed by atoms with van der Waals surface area (Å²) in [6.07, 6.45) is 3.88. The van der Waals surface area contributed by atoms with Crippen molar-refractivity contribution in [3.63, 3.8) is 0 Å². The van der Waals surface area contributed by atoms with Gasteiger partial charge in [-0.15, -0.1) is 0 Å². The largest absolute Gasteiger partial charge is 0.480 e. The fourth-order valence-corrected chi connectivity index (χ4v) is 3.36. The van der Waals surface area contributed by atoms with Crippen LogP contribution in [0.4, 0.5) is 0 Å². The number of carboxylic acid groups (broad SMARTS) is 1. The smallest absolute Gasteiger partial charge is 0.321 e. The van der Waals surface area contributed by atoms with Crippen LogP contribution in [-0.4, -0.2) is 47.1 Å². The quantitative estimate of drug-likeness (QED) is 0.729. The standard InChI is InChI=1S/C12H18N2O3/c15-11-8-2-1-5-14(9(8)6-13-11)10(12(16)17)7-3-4-7/h7-10H,1-6H2,(H,13,15)(H,16,17). The van der Waals surface area contributed by atoms with Gasteiger partial charge in [0.25, 0.3) is 0 Å². The highest BCUT2D eigenvalue weighted by atomic mass is 16.4. The van der Waals surface area contributed by atoms with E-state index in [9.17, 15) is 14.7 Å². The lowest BCUT2D eigenvalue weighted by atomic mass is 9.89. The second-order valence-corrected chi connectivity index (χ2v) is 5.42. The van der Waals surface area contributed by atoms with Crippen LogP contribution in [0.3, 0.4) is 0 Å². The van der Waals surface area contributed by atoms with Gasteiger partial charge in [-0.05, 0) is 38.1 Å². The maximum absolute atomic E-state index is 11.6. The van der Waals surface area contributed by atoms with E-state index >= 15 is 0 Å². The average molecular weight is 238 g/mol. The lowest BCUT2D eigenvalue weighted by molar-refractivity contribution is -0.147. The zero-order valence-electron chi connectivity index (χ0n) is 9.76. The first kappa shape index (κ1) is 11.0. The number of hydrogen-bond donors (Lipinski definition) is 2. The molecule has 3 atom stereocenters. The number of amides is 1. The van der Waals surface area contributed by atoms with Crippen LogP contribution < -0.4 is 5.32 Å². The van der Waals surface area contributed by atoms with E-state index in [1.165, 1.54) is 0 Å². The zero-order valence-corrected chi connectivity index (χ0v) is 9.76. The van der Waals surface area contributed by atoms with E-state index in [0.717, 1.165) is 32.2 Å². The predicted molar refractivity (Wildman–Crippen MR) is 60.4 cm³/mol. The van der Waals surface area contributed by atoms with E-state index in [-0.39, 0.29) is 23.9 Å². The maximum Gasteiger partial charge on any atom is 0.321 e. The van der Waals surface area contributed by atoms with Crippen LogP contribution >= 0.6 is 0 Å². The molecule has 0 bridgehead atoms. The molecule has 2 heterocycles. The number of carbonyl (C=O) groups excluding carboxylic acids is 1. The SMILES string of the molecule is O=C1NCC2C1CCCN2C(C(=O)O)C1CC1. The summed E-state index contributed by atoms with van der Waals surface area (Å²) in [5.74, 6) is -0.279. The summed E-state index contributed by atoms with van der Waals surface area (Å²) in [6, 6.07) is -0.256. The fourth-order valence-electron chi connectivity index (χ4n) is 3.36. The molecule has 3 aliphatic rings. The third kappa shape index (κ3) is 1.82. The minimum Gasteiger partial charge on any atom is -0.480 e. The molecule has 94 valence electrons. The number of piperidine rings is 1. The van der Waals surface area contributed by atoms with Crippen molar-refractivity contribution >= 4 is 11.9 Å². The Hall–Kier alpha value is -1.10. The van der Waals surface area contributed by atoms with Crippen LogP contribution in [0, 0.1) is 11.8 Å². The van der Waals surface area contributed by atoms with E-state index in [1.807, 2.05) is 0 Å². The molecule has 5 nitrogen and oxygen atoms in total. The molecule has 0 aromatic carbocycles. The third-order valence-electron chi connectivity index (χ3n) is 4.32. The number of aliphatic carboxylic acids is 1. The highest BCUT2D eigenvalue weighted by molar-refractivity contribution is 5.82. The summed E-state index contributed by atoms with van der Waals surface area (Å²) >= 11 is 0. The van der Waals surface area contributed by atoms with E-state index in [4.69, 9.17) is 0 Å². The summed E-state index contributed by atoms with van der Waals surface area (Å²) in [6.45, 7) is 1.45. The van der Waals surface area contributed by atoms with Crippen molar-refractivity contribution in [3.8, 4) is 0 Å². The van der Waals surface area contributed by atoms with Crippen LogP contribution in [0.2, 0.25) is 0 Å². The van der Waals surface area contributed by atoms with Gasteiger partial charge in [0.2, 0.25) is 5.91 Å². The topological polar surface area (TPSA) is 69.6 Å². The van der Waals surface area contributed by atoms with E-state index in [2.05, 4.69) is 10.2 Å². The molecule has 5 heteroatoms. The van der Waals surface area contributed by atoms with Gasteiger partial charge in [0.05, 0.1) is 5.92 Å². The molecular weight excluding hydrogens is 220 g/mol. The minimum atomic E-state index is -0.715. The minimum absolute atomic E-state index is 0.0179. The molecule has 1 amide bonds. The zero-order chi connectivity index (χ0) is 12.0. The molecule has 2 N–H and O–H groups in total. The van der Waals surface area contributed by atoms with Crippen molar-refractivity contribution in [2.45, 2.75) is 37.8 Å². The normalized spacial score (nSPS) is 35.2. The first-order chi connectivity index (χ1) is 8.18. The molecule has 0 spiro atoms. The Bertz CT molecular complexity index is 354. The number of nitrogens with one attached hydrogen (secondary N) is 1. The van der Waals surface area contributed by atoms with Crippen molar-refractivity contribution < 1.29 is 14.7 Å². The van der Waals surface area contributed by atoms with E-state index in [0.29, 0.717) is 12.5 Å². The molecule has 1 saturated carbocycles. The van der Waals surface area contributed by atoms with Gasteiger partial charge < -0.3 is 10.4 Å². The van der Waals surface area contributed by atoms with Crippen molar-refractivity contribution in [2.75, 3.05) is 13.1 Å². The lowest BCUT2D eigenvalue weighted by Gasteiger charge is -2.39. The van der Waals surface area contributed by atoms with Gasteiger partial charge in [-0.1, -0.05) is 0 Å². The number of fused-ring (bicyclic) bond motifs is 1. The van der Waals surface area contributed by atoms with Gasteiger partial charge in [0.15, 0.2) is 0 Å². The van der Waals surface area contributed by atoms with Gasteiger partial charge in [-0.2, -0.15) is 0 Å². The number of carbonyl (C=O) groups is 2. The Morgan fingerprint density at radius 3 is 2.82 bits per heavy atom. The Morgan fingerprint density at radius 2 is 2.18 bits per heavy atom. The molecule has 1 aliphatic carbocycles. The van der Waals surface area contributed by atoms with E-state index < -0.39 is 5.97 Å². The molecule has 0 aromatic rings. The average Bonchev–Trinajstić information content (AvgIpc) is 3.04. The summed E-state index contributed by atoms with van der Waals surface area (Å²) in [4.78, 5) is 25.1. The maximum atomic E-state index is 11.6. The number of hydrogen-bond acceptors (Lipinski definition) is 3. The van der Waals surface area contributed by atoms with Crippen LogP contribution in [0.25, 0.3) is 0 Å². The van der Waals surface area contributed by atoms with Crippen LogP contribution in [0.1, 0.15) is 25.7 Å². The summed E-state index contributed by atoms with van der Waals surface area (Å²) in [5.41, 5.74) is 0. The third-order valence-corrected chi connectivity index (χ3v) is 4.32. The summed E-state index contributed by atoms with van der Waals surface area (Å²) in [7, 11) is 0. The first-order valence-electron chi connectivity index (χ1n) is 6.45. The van der Waals surface area contributed by atoms with Crippen molar-refractivity contribution in [1.82, 2.24) is 10.2 Å².